The third kappa shape index (κ3) is 2.82. The molecule has 22 heavy (non-hydrogen) atoms. The number of amides is 1. The molecule has 4 N–H and O–H groups in total. The Morgan fingerprint density at radius 1 is 1.36 bits per heavy atom. The second-order valence-corrected chi connectivity index (χ2v) is 5.93. The molecule has 1 heterocycles. The number of rotatable bonds is 5. The average Bonchev–Trinajstić information content (AvgIpc) is 2.88. The lowest BCUT2D eigenvalue weighted by molar-refractivity contribution is -0.155. The molecule has 6 nitrogen and oxygen atoms in total. The zero-order valence-corrected chi connectivity index (χ0v) is 13.0. The summed E-state index contributed by atoms with van der Waals surface area (Å²) in [6.45, 7) is 2.96. The Balaban J connectivity index is 2.16. The smallest absolute Gasteiger partial charge is 0.329 e. The topological polar surface area (TPSA) is 99.4 Å². The number of carboxylic acids is 1. The zero-order valence-electron chi connectivity index (χ0n) is 13.0. The van der Waals surface area contributed by atoms with Gasteiger partial charge in [0, 0.05) is 24.1 Å². The van der Waals surface area contributed by atoms with E-state index in [0.29, 0.717) is 6.42 Å². The summed E-state index contributed by atoms with van der Waals surface area (Å²) in [6, 6.07) is 6.97. The summed E-state index contributed by atoms with van der Waals surface area (Å²) in [7, 11) is 1.46. The van der Waals surface area contributed by atoms with Crippen LogP contribution in [0.25, 0.3) is 10.9 Å². The van der Waals surface area contributed by atoms with Crippen LogP contribution < -0.4 is 5.73 Å². The largest absolute Gasteiger partial charge is 0.480 e. The predicted molar refractivity (Wildman–Crippen MR) is 84.5 cm³/mol. The molecule has 1 amide bonds. The van der Waals surface area contributed by atoms with Gasteiger partial charge in [-0.05, 0) is 31.9 Å². The van der Waals surface area contributed by atoms with E-state index >= 15 is 0 Å². The van der Waals surface area contributed by atoms with Crippen LogP contribution in [0.2, 0.25) is 0 Å². The third-order valence-corrected chi connectivity index (χ3v) is 4.12. The first-order valence-corrected chi connectivity index (χ1v) is 7.06. The summed E-state index contributed by atoms with van der Waals surface area (Å²) < 4.78 is 0. The molecule has 1 aromatic carbocycles. The summed E-state index contributed by atoms with van der Waals surface area (Å²) in [5, 5.41) is 10.2. The van der Waals surface area contributed by atoms with E-state index in [1.165, 1.54) is 25.8 Å². The van der Waals surface area contributed by atoms with Gasteiger partial charge >= 0.3 is 5.97 Å². The number of likely N-dealkylation sites (N-methyl/N-ethyl adjacent to an activating group) is 1. The van der Waals surface area contributed by atoms with Crippen LogP contribution in [0.5, 0.6) is 0 Å². The highest BCUT2D eigenvalue weighted by Crippen LogP contribution is 2.20. The first kappa shape index (κ1) is 16.0. The molecule has 0 fully saturated rings. The number of carbonyl (C=O) groups excluding carboxylic acids is 1. The van der Waals surface area contributed by atoms with Crippen molar-refractivity contribution in [1.82, 2.24) is 9.88 Å². The minimum atomic E-state index is -1.30. The molecule has 2 rings (SSSR count). The quantitative estimate of drug-likeness (QED) is 0.776. The number of benzene rings is 1. The van der Waals surface area contributed by atoms with Gasteiger partial charge in [0.1, 0.15) is 5.54 Å². The normalized spacial score (nSPS) is 13.1. The monoisotopic (exact) mass is 303 g/mol. The number of aromatic nitrogens is 1. The maximum Gasteiger partial charge on any atom is 0.329 e. The molecule has 0 spiro atoms. The molecule has 118 valence electrons. The third-order valence-electron chi connectivity index (χ3n) is 4.12. The molecule has 0 aliphatic rings. The minimum absolute atomic E-state index is 0.350. The van der Waals surface area contributed by atoms with Gasteiger partial charge in [0.05, 0.1) is 6.04 Å². The Morgan fingerprint density at radius 3 is 2.64 bits per heavy atom. The summed E-state index contributed by atoms with van der Waals surface area (Å²) in [5.74, 6) is -1.46. The Bertz CT molecular complexity index is 705. The molecule has 1 atom stereocenters. The van der Waals surface area contributed by atoms with Gasteiger partial charge in [-0.25, -0.2) is 4.79 Å². The van der Waals surface area contributed by atoms with E-state index in [1.807, 2.05) is 30.5 Å². The van der Waals surface area contributed by atoms with Crippen LogP contribution in [0.4, 0.5) is 0 Å². The van der Waals surface area contributed by atoms with Crippen LogP contribution >= 0.6 is 0 Å². The lowest BCUT2D eigenvalue weighted by atomic mass is 10.00. The number of hydrogen-bond donors (Lipinski definition) is 3. The molecule has 0 radical (unpaired) electrons. The summed E-state index contributed by atoms with van der Waals surface area (Å²) in [4.78, 5) is 28.0. The highest BCUT2D eigenvalue weighted by atomic mass is 16.4. The van der Waals surface area contributed by atoms with E-state index in [0.717, 1.165) is 16.5 Å². The van der Waals surface area contributed by atoms with Gasteiger partial charge in [-0.3, -0.25) is 4.79 Å². The van der Waals surface area contributed by atoms with Crippen LogP contribution in [-0.4, -0.2) is 45.5 Å². The molecule has 2 aromatic rings. The number of hydrogen-bond acceptors (Lipinski definition) is 3. The Kier molecular flexibility index (Phi) is 4.23. The number of nitrogens with two attached hydrogens (primary N) is 1. The Labute approximate surface area is 128 Å². The SMILES string of the molecule is CN(C(=O)C(N)Cc1c[nH]c2ccccc12)C(C)(C)C(=O)O. The number of carbonyl (C=O) groups is 2. The number of aliphatic carboxylic acids is 1. The first-order chi connectivity index (χ1) is 10.2. The molecule has 6 heteroatoms. The molecule has 0 bridgehead atoms. The van der Waals surface area contributed by atoms with E-state index in [2.05, 4.69) is 4.98 Å². The average molecular weight is 303 g/mol. The maximum atomic E-state index is 12.4. The molecule has 0 saturated heterocycles. The van der Waals surface area contributed by atoms with Crippen LogP contribution in [0, 0.1) is 0 Å². The van der Waals surface area contributed by atoms with Crippen molar-refractivity contribution in [2.45, 2.75) is 31.8 Å². The molecular formula is C16H21N3O3. The molecule has 0 aliphatic carbocycles. The number of nitrogens with one attached hydrogen (secondary N) is 1. The number of para-hydroxylation sites is 1. The van der Waals surface area contributed by atoms with Gasteiger partial charge in [-0.1, -0.05) is 18.2 Å². The number of aromatic amines is 1. The molecule has 0 aliphatic heterocycles. The molecular weight excluding hydrogens is 282 g/mol. The Hall–Kier alpha value is -2.34. The van der Waals surface area contributed by atoms with Crippen molar-refractivity contribution in [1.29, 1.82) is 0 Å². The standard InChI is InChI=1S/C16H21N3O3/c1-16(2,15(21)22)19(3)14(20)12(17)8-10-9-18-13-7-5-4-6-11(10)13/h4-7,9,12,18H,8,17H2,1-3H3,(H,21,22). The van der Waals surface area contributed by atoms with Crippen LogP contribution in [0.3, 0.4) is 0 Å². The second-order valence-electron chi connectivity index (χ2n) is 5.93. The van der Waals surface area contributed by atoms with E-state index < -0.39 is 23.5 Å². The van der Waals surface area contributed by atoms with Gasteiger partial charge in [-0.2, -0.15) is 0 Å². The molecule has 0 saturated carbocycles. The van der Waals surface area contributed by atoms with Gasteiger partial charge in [0.2, 0.25) is 5.91 Å². The van der Waals surface area contributed by atoms with Crippen LogP contribution in [0.1, 0.15) is 19.4 Å². The van der Waals surface area contributed by atoms with Crippen molar-refractivity contribution in [3.63, 3.8) is 0 Å². The lowest BCUT2D eigenvalue weighted by Crippen LogP contribution is -2.55. The fourth-order valence-electron chi connectivity index (χ4n) is 2.29. The van der Waals surface area contributed by atoms with Gasteiger partial charge in [0.15, 0.2) is 0 Å². The van der Waals surface area contributed by atoms with Crippen molar-refractivity contribution in [3.05, 3.63) is 36.0 Å². The van der Waals surface area contributed by atoms with E-state index in [-0.39, 0.29) is 0 Å². The molecule has 1 aromatic heterocycles. The second kappa shape index (κ2) is 5.81. The summed E-state index contributed by atoms with van der Waals surface area (Å²) >= 11 is 0. The minimum Gasteiger partial charge on any atom is -0.480 e. The number of nitrogens with zero attached hydrogens (tertiary/aromatic N) is 1. The molecule has 1 unspecified atom stereocenters. The highest BCUT2D eigenvalue weighted by molar-refractivity contribution is 5.90. The fraction of sp³-hybridized carbons (Fsp3) is 0.375. The zero-order chi connectivity index (χ0) is 16.5. The number of H-pyrrole nitrogens is 1. The lowest BCUT2D eigenvalue weighted by Gasteiger charge is -2.33. The van der Waals surface area contributed by atoms with Gasteiger partial charge in [-0.15, -0.1) is 0 Å². The maximum absolute atomic E-state index is 12.4. The highest BCUT2D eigenvalue weighted by Gasteiger charge is 2.37. The van der Waals surface area contributed by atoms with E-state index in [9.17, 15) is 14.7 Å². The summed E-state index contributed by atoms with van der Waals surface area (Å²) in [5.41, 5.74) is 6.63. The van der Waals surface area contributed by atoms with Crippen LogP contribution in [0.15, 0.2) is 30.5 Å². The van der Waals surface area contributed by atoms with Gasteiger partial charge in [0.25, 0.3) is 0 Å². The van der Waals surface area contributed by atoms with E-state index in [1.54, 1.807) is 0 Å². The van der Waals surface area contributed by atoms with Crippen molar-refractivity contribution in [3.8, 4) is 0 Å². The first-order valence-electron chi connectivity index (χ1n) is 7.06. The predicted octanol–water partition coefficient (Wildman–Crippen LogP) is 1.36. The van der Waals surface area contributed by atoms with Gasteiger partial charge < -0.3 is 20.7 Å². The number of carboxylic acid groups (broad SMARTS) is 1. The number of fused-ring (bicyclic) bond motifs is 1. The van der Waals surface area contributed by atoms with Crippen LogP contribution in [-0.2, 0) is 16.0 Å². The van der Waals surface area contributed by atoms with Crippen molar-refractivity contribution in [2.24, 2.45) is 5.73 Å². The Morgan fingerprint density at radius 2 is 2.00 bits per heavy atom. The van der Waals surface area contributed by atoms with Crippen molar-refractivity contribution >= 4 is 22.8 Å². The van der Waals surface area contributed by atoms with Crippen molar-refractivity contribution in [2.75, 3.05) is 7.05 Å². The van der Waals surface area contributed by atoms with E-state index in [4.69, 9.17) is 5.73 Å². The van der Waals surface area contributed by atoms with Crippen molar-refractivity contribution < 1.29 is 14.7 Å². The summed E-state index contributed by atoms with van der Waals surface area (Å²) in [6.07, 6.45) is 2.18. The fourth-order valence-corrected chi connectivity index (χ4v) is 2.29.